The zero-order valence-corrected chi connectivity index (χ0v) is 33.8. The molecule has 0 radical (unpaired) electrons. The molecule has 0 saturated heterocycles. The molecule has 0 fully saturated rings. The molecule has 0 spiro atoms. The Morgan fingerprint density at radius 1 is 0.561 bits per heavy atom. The van der Waals surface area contributed by atoms with Crippen molar-refractivity contribution >= 4 is 31.9 Å². The molecule has 0 unspecified atom stereocenters. The van der Waals surface area contributed by atoms with Gasteiger partial charge in [0.15, 0.2) is 0 Å². The molecule has 0 atom stereocenters. The summed E-state index contributed by atoms with van der Waals surface area (Å²) >= 11 is 6.78. The Balaban J connectivity index is 0. The Morgan fingerprint density at radius 3 is 1.29 bits per heavy atom. The number of rotatable bonds is 12. The van der Waals surface area contributed by atoms with Crippen LogP contribution in [0, 0.1) is 0 Å². The molecule has 5 heterocycles. The maximum atomic E-state index is 4.02. The average molecular weight is 743 g/mol. The minimum absolute atomic E-state index is 0. The first-order valence-corrected chi connectivity index (χ1v) is 15.3. The van der Waals surface area contributed by atoms with E-state index in [-0.39, 0.29) is 103 Å². The Kier molecular flexibility index (Phi) is 38.6. The number of halogens is 2. The summed E-state index contributed by atoms with van der Waals surface area (Å²) < 4.78 is 4.27. The van der Waals surface area contributed by atoms with Gasteiger partial charge in [-0.2, -0.15) is 0 Å². The van der Waals surface area contributed by atoms with Gasteiger partial charge in [0.05, 0.1) is 19.0 Å². The third kappa shape index (κ3) is 31.5. The van der Waals surface area contributed by atoms with E-state index < -0.39 is 0 Å². The van der Waals surface area contributed by atoms with Gasteiger partial charge in [0.2, 0.25) is 0 Å². The minimum Gasteiger partial charge on any atom is -0.450 e. The van der Waals surface area contributed by atoms with Crippen LogP contribution in [0.15, 0.2) is 93.6 Å². The summed E-state index contributed by atoms with van der Waals surface area (Å²) in [6.45, 7) is 2.18. The molecular formula is C27H40Br2K2N10. The van der Waals surface area contributed by atoms with Gasteiger partial charge in [0, 0.05) is 60.9 Å². The van der Waals surface area contributed by atoms with Crippen LogP contribution in [0.2, 0.25) is 0 Å². The quantitative estimate of drug-likeness (QED) is 0.110. The average Bonchev–Trinajstić information content (AvgIpc) is 3.83. The molecule has 41 heavy (non-hydrogen) atoms. The number of alkyl halides is 2. The van der Waals surface area contributed by atoms with Crippen molar-refractivity contribution in [1.29, 1.82) is 0 Å². The van der Waals surface area contributed by atoms with Gasteiger partial charge >= 0.3 is 103 Å². The predicted octanol–water partition coefficient (Wildman–Crippen LogP) is 0.172. The van der Waals surface area contributed by atoms with Crippen LogP contribution in [0.4, 0.5) is 0 Å². The van der Waals surface area contributed by atoms with E-state index in [9.17, 15) is 0 Å². The van der Waals surface area contributed by atoms with Crippen LogP contribution in [0.1, 0.15) is 51.4 Å². The number of hydrogen-bond acceptors (Lipinski definition) is 5. The second-order valence-electron chi connectivity index (χ2n) is 7.99. The number of aromatic nitrogens is 10. The molecule has 0 amide bonds. The van der Waals surface area contributed by atoms with Gasteiger partial charge < -0.3 is 34.1 Å². The molecule has 14 heteroatoms. The summed E-state index contributed by atoms with van der Waals surface area (Å²) in [6.07, 6.45) is 36.5. The summed E-state index contributed by atoms with van der Waals surface area (Å²) in [6, 6.07) is 0. The minimum atomic E-state index is 0. The number of aromatic amines is 1. The van der Waals surface area contributed by atoms with E-state index in [1.165, 1.54) is 64.0 Å². The maximum absolute atomic E-state index is 4.02. The van der Waals surface area contributed by atoms with Crippen LogP contribution in [0.5, 0.6) is 0 Å². The first-order valence-electron chi connectivity index (χ1n) is 13.1. The van der Waals surface area contributed by atoms with Crippen molar-refractivity contribution in [3.05, 3.63) is 93.6 Å². The molecule has 0 saturated carbocycles. The normalized spacial score (nSPS) is 9.02. The monoisotopic (exact) mass is 740 g/mol. The second kappa shape index (κ2) is 36.5. The topological polar surface area (TPSA) is 118 Å². The third-order valence-electron chi connectivity index (χ3n) is 4.87. The van der Waals surface area contributed by atoms with Crippen molar-refractivity contribution in [2.45, 2.75) is 64.5 Å². The molecule has 10 nitrogen and oxygen atoms in total. The fourth-order valence-corrected chi connectivity index (χ4v) is 3.72. The number of aryl methyl sites for hydroxylation is 2. The van der Waals surface area contributed by atoms with Crippen molar-refractivity contribution < 1.29 is 103 Å². The van der Waals surface area contributed by atoms with E-state index >= 15 is 0 Å². The van der Waals surface area contributed by atoms with Crippen molar-refractivity contribution in [3.8, 4) is 0 Å². The summed E-state index contributed by atoms with van der Waals surface area (Å²) in [4.78, 5) is 28.9. The van der Waals surface area contributed by atoms with Gasteiger partial charge in [0.25, 0.3) is 0 Å². The Labute approximate surface area is 346 Å². The van der Waals surface area contributed by atoms with Crippen LogP contribution in [0.3, 0.4) is 0 Å². The zero-order valence-electron chi connectivity index (χ0n) is 24.4. The summed E-state index contributed by atoms with van der Waals surface area (Å²) in [5, 5.41) is 2.32. The van der Waals surface area contributed by atoms with Gasteiger partial charge in [-0.15, -0.1) is 0 Å². The summed E-state index contributed by atoms with van der Waals surface area (Å²) in [5.74, 6) is 0. The standard InChI is InChI=1S/C12H18N4.C6H12Br2.C3H4N2.2C3H3N2.2K/c1(3-7-15-9-5-13-11-15)2-4-8-16-10-6-14-12-16;7-5-3-1-2-4-6-8;3*1-2-5-3-4-1;;/h5-6,9-12H,1-4,7-8H2;1-6H2;1-3H,(H,4,5);2*1-3H;;/q;;;2*-1;2*+1. The molecule has 5 rings (SSSR count). The van der Waals surface area contributed by atoms with E-state index in [1.807, 2.05) is 37.4 Å². The fraction of sp³-hybridized carbons (Fsp3) is 0.444. The first-order chi connectivity index (χ1) is 19.4. The Morgan fingerprint density at radius 2 is 1.05 bits per heavy atom. The van der Waals surface area contributed by atoms with Gasteiger partial charge in [-0.1, -0.05) is 95.0 Å². The number of H-pyrrole nitrogens is 1. The molecule has 5 aromatic heterocycles. The summed E-state index contributed by atoms with van der Waals surface area (Å²) in [5.41, 5.74) is 0. The van der Waals surface area contributed by atoms with Gasteiger partial charge in [0.1, 0.15) is 0 Å². The van der Waals surface area contributed by atoms with Crippen molar-refractivity contribution in [2.75, 3.05) is 10.7 Å². The van der Waals surface area contributed by atoms with Crippen LogP contribution in [0.25, 0.3) is 0 Å². The molecule has 0 aliphatic heterocycles. The van der Waals surface area contributed by atoms with Crippen molar-refractivity contribution in [1.82, 2.24) is 49.0 Å². The van der Waals surface area contributed by atoms with E-state index in [0.29, 0.717) is 0 Å². The van der Waals surface area contributed by atoms with Gasteiger partial charge in [-0.3, -0.25) is 0 Å². The summed E-state index contributed by atoms with van der Waals surface area (Å²) in [7, 11) is 0. The third-order valence-corrected chi connectivity index (χ3v) is 5.99. The number of imidazole rings is 5. The zero-order chi connectivity index (χ0) is 27.9. The smallest absolute Gasteiger partial charge is 0.450 e. The van der Waals surface area contributed by atoms with Crippen molar-refractivity contribution in [3.63, 3.8) is 0 Å². The molecule has 0 aliphatic carbocycles. The molecule has 5 aromatic rings. The maximum Gasteiger partial charge on any atom is 1.00 e. The Hall–Kier alpha value is 0.283. The number of nitrogens with zero attached hydrogens (tertiary/aromatic N) is 9. The Bertz CT molecular complexity index is 841. The molecule has 0 bridgehead atoms. The predicted molar refractivity (Wildman–Crippen MR) is 163 cm³/mol. The van der Waals surface area contributed by atoms with Crippen LogP contribution in [-0.2, 0) is 13.1 Å². The first kappa shape index (κ1) is 43.4. The number of unbranched alkanes of at least 4 members (excludes halogenated alkanes) is 6. The number of hydrogen-bond donors (Lipinski definition) is 1. The molecule has 214 valence electrons. The van der Waals surface area contributed by atoms with E-state index in [2.05, 4.69) is 80.9 Å². The van der Waals surface area contributed by atoms with Crippen LogP contribution in [-0.4, -0.2) is 49.7 Å². The SMILES string of the molecule is BrCCCCCCBr.[K+].[K+].c1c[n-]cn1.c1c[n-]cn1.c1c[nH]cn1.c1cn(CCCCCCn2ccnc2)cn1. The van der Waals surface area contributed by atoms with Crippen LogP contribution < -0.4 is 113 Å². The van der Waals surface area contributed by atoms with Crippen LogP contribution >= 0.6 is 31.9 Å². The second-order valence-corrected chi connectivity index (χ2v) is 9.58. The number of nitrogens with one attached hydrogen (secondary N) is 1. The van der Waals surface area contributed by atoms with Gasteiger partial charge in [-0.25, -0.2) is 15.0 Å². The van der Waals surface area contributed by atoms with E-state index in [0.717, 1.165) is 23.7 Å². The molecular weight excluding hydrogens is 702 g/mol. The van der Waals surface area contributed by atoms with E-state index in [4.69, 9.17) is 0 Å². The molecule has 0 aromatic carbocycles. The molecule has 1 N–H and O–H groups in total. The van der Waals surface area contributed by atoms with E-state index in [1.54, 1.807) is 43.5 Å². The fourth-order valence-electron chi connectivity index (χ4n) is 2.92. The van der Waals surface area contributed by atoms with Gasteiger partial charge in [-0.05, 0) is 25.7 Å². The van der Waals surface area contributed by atoms with Crippen molar-refractivity contribution in [2.24, 2.45) is 0 Å². The molecule has 0 aliphatic rings. The largest absolute Gasteiger partial charge is 1.00 e.